The number of carbonyl (C=O) groups excluding carboxylic acids is 1. The number of hydrogen-bond acceptors (Lipinski definition) is 4. The van der Waals surface area contributed by atoms with E-state index in [1.807, 2.05) is 13.2 Å². The zero-order valence-electron chi connectivity index (χ0n) is 12.1. The summed E-state index contributed by atoms with van der Waals surface area (Å²) >= 11 is 1.74. The first-order valence-corrected chi connectivity index (χ1v) is 7.91. The van der Waals surface area contributed by atoms with Crippen molar-refractivity contribution in [2.75, 3.05) is 23.9 Å². The Balaban J connectivity index is 2.40. The Bertz CT molecular complexity index is 465. The average Bonchev–Trinajstić information content (AvgIpc) is 2.44. The maximum atomic E-state index is 11.7. The van der Waals surface area contributed by atoms with Gasteiger partial charge in [-0.25, -0.2) is 9.59 Å². The van der Waals surface area contributed by atoms with Gasteiger partial charge in [-0.15, -0.1) is 0 Å². The molecule has 0 radical (unpaired) electrons. The highest BCUT2D eigenvalue weighted by atomic mass is 32.2. The van der Waals surface area contributed by atoms with Gasteiger partial charge >= 0.3 is 12.0 Å². The summed E-state index contributed by atoms with van der Waals surface area (Å²) < 4.78 is 5.01. The van der Waals surface area contributed by atoms with Gasteiger partial charge in [0.25, 0.3) is 0 Å². The van der Waals surface area contributed by atoms with Crippen molar-refractivity contribution in [3.8, 4) is 5.75 Å². The zero-order valence-corrected chi connectivity index (χ0v) is 12.9. The molecule has 0 spiro atoms. The smallest absolute Gasteiger partial charge is 0.341 e. The number of rotatable bonds is 8. The summed E-state index contributed by atoms with van der Waals surface area (Å²) in [6.07, 6.45) is 2.94. The van der Waals surface area contributed by atoms with Gasteiger partial charge in [0.1, 0.15) is 5.75 Å². The lowest BCUT2D eigenvalue weighted by atomic mass is 10.2. The second-order valence-corrected chi connectivity index (χ2v) is 5.47. The minimum atomic E-state index is -1.03. The van der Waals surface area contributed by atoms with E-state index in [2.05, 4.69) is 10.6 Å². The zero-order chi connectivity index (χ0) is 15.7. The molecule has 2 amide bonds. The molecular formula is C14H20N2O4S. The maximum Gasteiger partial charge on any atom is 0.341 e. The molecule has 1 aromatic carbocycles. The summed E-state index contributed by atoms with van der Waals surface area (Å²) in [6, 6.07) is 6.37. The lowest BCUT2D eigenvalue weighted by Gasteiger charge is -2.14. The van der Waals surface area contributed by atoms with Gasteiger partial charge < -0.3 is 20.5 Å². The SMILES string of the molecule is CSCCC(C)NC(=O)Nc1ccc(OCC(=O)O)cc1. The number of nitrogens with one attached hydrogen (secondary N) is 2. The number of thioether (sulfide) groups is 1. The fraction of sp³-hybridized carbons (Fsp3) is 0.429. The van der Waals surface area contributed by atoms with Crippen LogP contribution in [0.15, 0.2) is 24.3 Å². The van der Waals surface area contributed by atoms with Crippen molar-refractivity contribution < 1.29 is 19.4 Å². The molecule has 6 nitrogen and oxygen atoms in total. The normalized spacial score (nSPS) is 11.5. The third-order valence-corrected chi connectivity index (χ3v) is 3.25. The van der Waals surface area contributed by atoms with Crippen molar-refractivity contribution in [3.63, 3.8) is 0 Å². The van der Waals surface area contributed by atoms with Crippen LogP contribution >= 0.6 is 11.8 Å². The molecule has 0 fully saturated rings. The number of anilines is 1. The molecule has 3 N–H and O–H groups in total. The van der Waals surface area contributed by atoms with Crippen molar-refractivity contribution in [2.45, 2.75) is 19.4 Å². The van der Waals surface area contributed by atoms with Crippen molar-refractivity contribution >= 4 is 29.4 Å². The predicted octanol–water partition coefficient (Wildman–Crippen LogP) is 2.41. The van der Waals surface area contributed by atoms with Crippen molar-refractivity contribution in [1.82, 2.24) is 5.32 Å². The van der Waals surface area contributed by atoms with Gasteiger partial charge in [-0.3, -0.25) is 0 Å². The van der Waals surface area contributed by atoms with E-state index in [4.69, 9.17) is 9.84 Å². The van der Waals surface area contributed by atoms with Crippen molar-refractivity contribution in [3.05, 3.63) is 24.3 Å². The molecule has 0 aliphatic heterocycles. The summed E-state index contributed by atoms with van der Waals surface area (Å²) in [5, 5.41) is 14.1. The summed E-state index contributed by atoms with van der Waals surface area (Å²) in [4.78, 5) is 22.1. The highest BCUT2D eigenvalue weighted by Crippen LogP contribution is 2.15. The lowest BCUT2D eigenvalue weighted by Crippen LogP contribution is -2.36. The molecule has 0 saturated heterocycles. The van der Waals surface area contributed by atoms with Crippen LogP contribution in [0.5, 0.6) is 5.75 Å². The number of ether oxygens (including phenoxy) is 1. The van der Waals surface area contributed by atoms with Gasteiger partial charge in [-0.05, 0) is 49.6 Å². The van der Waals surface area contributed by atoms with E-state index in [9.17, 15) is 9.59 Å². The second-order valence-electron chi connectivity index (χ2n) is 4.49. The van der Waals surface area contributed by atoms with Gasteiger partial charge in [0.05, 0.1) is 0 Å². The van der Waals surface area contributed by atoms with E-state index < -0.39 is 5.97 Å². The van der Waals surface area contributed by atoms with E-state index in [1.165, 1.54) is 0 Å². The van der Waals surface area contributed by atoms with Crippen molar-refractivity contribution in [1.29, 1.82) is 0 Å². The molecule has 0 aromatic heterocycles. The molecule has 0 saturated carbocycles. The van der Waals surface area contributed by atoms with Gasteiger partial charge in [0.2, 0.25) is 0 Å². The van der Waals surface area contributed by atoms with Gasteiger partial charge in [-0.2, -0.15) is 11.8 Å². The second kappa shape index (κ2) is 9.12. The third kappa shape index (κ3) is 7.45. The standard InChI is InChI=1S/C14H20N2O4S/c1-10(7-8-21-2)15-14(19)16-11-3-5-12(6-4-11)20-9-13(17)18/h3-6,10H,7-9H2,1-2H3,(H,17,18)(H2,15,16,19). The number of carboxylic acid groups (broad SMARTS) is 1. The monoisotopic (exact) mass is 312 g/mol. The fourth-order valence-corrected chi connectivity index (χ4v) is 2.13. The number of benzene rings is 1. The molecule has 1 rings (SSSR count). The minimum absolute atomic E-state index is 0.107. The highest BCUT2D eigenvalue weighted by molar-refractivity contribution is 7.98. The van der Waals surface area contributed by atoms with Gasteiger partial charge in [0, 0.05) is 11.7 Å². The number of aliphatic carboxylic acids is 1. The van der Waals surface area contributed by atoms with Crippen LogP contribution in [-0.2, 0) is 4.79 Å². The molecule has 1 unspecified atom stereocenters. The van der Waals surface area contributed by atoms with Crippen LogP contribution in [0.1, 0.15) is 13.3 Å². The van der Waals surface area contributed by atoms with Crippen LogP contribution in [0.2, 0.25) is 0 Å². The number of carbonyl (C=O) groups is 2. The summed E-state index contributed by atoms with van der Waals surface area (Å²) in [7, 11) is 0. The maximum absolute atomic E-state index is 11.7. The number of carboxylic acids is 1. The van der Waals surface area contributed by atoms with Crippen LogP contribution in [-0.4, -0.2) is 41.8 Å². The third-order valence-electron chi connectivity index (χ3n) is 2.61. The Morgan fingerprint density at radius 2 is 2.00 bits per heavy atom. The molecule has 1 aromatic rings. The minimum Gasteiger partial charge on any atom is -0.482 e. The number of hydrogen-bond donors (Lipinski definition) is 3. The number of urea groups is 1. The summed E-state index contributed by atoms with van der Waals surface area (Å²) in [5.41, 5.74) is 0.618. The van der Waals surface area contributed by atoms with E-state index >= 15 is 0 Å². The van der Waals surface area contributed by atoms with E-state index in [1.54, 1.807) is 36.0 Å². The molecule has 1 atom stereocenters. The molecule has 21 heavy (non-hydrogen) atoms. The van der Waals surface area contributed by atoms with Gasteiger partial charge in [-0.1, -0.05) is 0 Å². The Kier molecular flexibility index (Phi) is 7.45. The first-order chi connectivity index (χ1) is 10.0. The fourth-order valence-electron chi connectivity index (χ4n) is 1.54. The van der Waals surface area contributed by atoms with Crippen LogP contribution in [0.25, 0.3) is 0 Å². The topological polar surface area (TPSA) is 87.7 Å². The molecule has 0 heterocycles. The van der Waals surface area contributed by atoms with Crippen LogP contribution < -0.4 is 15.4 Å². The first kappa shape index (κ1) is 17.2. The summed E-state index contributed by atoms with van der Waals surface area (Å²) in [5.74, 6) is 0.407. The number of amides is 2. The summed E-state index contributed by atoms with van der Waals surface area (Å²) in [6.45, 7) is 1.57. The van der Waals surface area contributed by atoms with E-state index in [0.29, 0.717) is 11.4 Å². The van der Waals surface area contributed by atoms with E-state index in [-0.39, 0.29) is 18.7 Å². The molecule has 7 heteroatoms. The molecule has 0 aliphatic carbocycles. The Morgan fingerprint density at radius 1 is 1.33 bits per heavy atom. The first-order valence-electron chi connectivity index (χ1n) is 6.52. The van der Waals surface area contributed by atoms with Crippen LogP contribution in [0, 0.1) is 0 Å². The predicted molar refractivity (Wildman–Crippen MR) is 84.2 cm³/mol. The average molecular weight is 312 g/mol. The van der Waals surface area contributed by atoms with Gasteiger partial charge in [0.15, 0.2) is 6.61 Å². The van der Waals surface area contributed by atoms with E-state index in [0.717, 1.165) is 12.2 Å². The Hall–Kier alpha value is -1.89. The molecule has 0 aliphatic rings. The quantitative estimate of drug-likeness (QED) is 0.686. The lowest BCUT2D eigenvalue weighted by molar-refractivity contribution is -0.139. The van der Waals surface area contributed by atoms with Crippen LogP contribution in [0.4, 0.5) is 10.5 Å². The molecule has 0 bridgehead atoms. The largest absolute Gasteiger partial charge is 0.482 e. The van der Waals surface area contributed by atoms with Crippen LogP contribution in [0.3, 0.4) is 0 Å². The van der Waals surface area contributed by atoms with Crippen molar-refractivity contribution in [2.24, 2.45) is 0 Å². The Morgan fingerprint density at radius 3 is 2.57 bits per heavy atom. The Labute approximate surface area is 128 Å². The highest BCUT2D eigenvalue weighted by Gasteiger charge is 2.07. The molecule has 116 valence electrons. The molecular weight excluding hydrogens is 292 g/mol.